The molecule has 0 unspecified atom stereocenters. The number of methoxy groups -OCH3 is 1. The Hall–Kier alpha value is -0.950. The van der Waals surface area contributed by atoms with E-state index in [1.54, 1.807) is 28.7 Å². The van der Waals surface area contributed by atoms with Crippen molar-refractivity contribution < 1.29 is 22.7 Å². The van der Waals surface area contributed by atoms with Gasteiger partial charge in [0.25, 0.3) is 0 Å². The number of thioether (sulfide) groups is 1. The van der Waals surface area contributed by atoms with Gasteiger partial charge in [-0.05, 0) is 46.5 Å². The molecule has 18 heavy (non-hydrogen) atoms. The lowest BCUT2D eigenvalue weighted by Crippen LogP contribution is -2.06. The monoisotopic (exact) mass is 387 g/mol. The Bertz CT molecular complexity index is 525. The lowest BCUT2D eigenvalue weighted by molar-refractivity contribution is -0.0328. The van der Waals surface area contributed by atoms with Gasteiger partial charge in [-0.2, -0.15) is 18.4 Å². The van der Waals surface area contributed by atoms with Crippen molar-refractivity contribution in [1.82, 2.24) is 0 Å². The van der Waals surface area contributed by atoms with Gasteiger partial charge in [0.2, 0.25) is 0 Å². The van der Waals surface area contributed by atoms with E-state index in [0.29, 0.717) is 0 Å². The van der Waals surface area contributed by atoms with Crippen molar-refractivity contribution in [2.75, 3.05) is 7.11 Å². The Labute approximate surface area is 118 Å². The Morgan fingerprint density at radius 1 is 1.50 bits per heavy atom. The quantitative estimate of drug-likeness (QED) is 0.443. The topological polar surface area (TPSA) is 50.1 Å². The molecule has 0 aliphatic heterocycles. The zero-order chi connectivity index (χ0) is 13.9. The predicted molar refractivity (Wildman–Crippen MR) is 67.1 cm³/mol. The minimum absolute atomic E-state index is 0.00486. The smallest absolute Gasteiger partial charge is 0.446 e. The standard InChI is InChI=1S/C10H5F3INO2S/c1-17-9(16)5-2-6(4-15)8(14)7(3-5)18-10(11,12)13/h2-3H,1H3. The zero-order valence-corrected chi connectivity index (χ0v) is 11.8. The van der Waals surface area contributed by atoms with Gasteiger partial charge in [-0.3, -0.25) is 0 Å². The molecule has 3 nitrogen and oxygen atoms in total. The van der Waals surface area contributed by atoms with Crippen molar-refractivity contribution in [3.05, 3.63) is 26.8 Å². The number of carbonyl (C=O) groups is 1. The molecule has 0 N–H and O–H groups in total. The van der Waals surface area contributed by atoms with Crippen molar-refractivity contribution in [2.45, 2.75) is 10.4 Å². The molecule has 0 bridgehead atoms. The fraction of sp³-hybridized carbons (Fsp3) is 0.200. The molecular weight excluding hydrogens is 382 g/mol. The first-order chi connectivity index (χ1) is 8.28. The summed E-state index contributed by atoms with van der Waals surface area (Å²) in [6.45, 7) is 0. The van der Waals surface area contributed by atoms with Gasteiger partial charge >= 0.3 is 11.5 Å². The number of carbonyl (C=O) groups excluding carboxylic acids is 1. The van der Waals surface area contributed by atoms with Gasteiger partial charge < -0.3 is 4.74 Å². The normalized spacial score (nSPS) is 10.9. The molecule has 0 heterocycles. The van der Waals surface area contributed by atoms with E-state index < -0.39 is 11.5 Å². The minimum Gasteiger partial charge on any atom is -0.465 e. The van der Waals surface area contributed by atoms with E-state index in [4.69, 9.17) is 5.26 Å². The van der Waals surface area contributed by atoms with Crippen LogP contribution in [-0.4, -0.2) is 18.6 Å². The molecule has 0 radical (unpaired) electrons. The van der Waals surface area contributed by atoms with E-state index in [0.717, 1.165) is 13.2 Å². The fourth-order valence-corrected chi connectivity index (χ4v) is 2.51. The van der Waals surface area contributed by atoms with Crippen LogP contribution in [0.1, 0.15) is 15.9 Å². The summed E-state index contributed by atoms with van der Waals surface area (Å²) in [4.78, 5) is 11.1. The Morgan fingerprint density at radius 3 is 2.56 bits per heavy atom. The fourth-order valence-electron chi connectivity index (χ4n) is 1.11. The van der Waals surface area contributed by atoms with Crippen LogP contribution in [-0.2, 0) is 4.74 Å². The number of alkyl halides is 3. The van der Waals surface area contributed by atoms with Crippen LogP contribution in [0, 0.1) is 14.9 Å². The number of nitriles is 1. The maximum Gasteiger partial charge on any atom is 0.446 e. The first-order valence-electron chi connectivity index (χ1n) is 4.36. The highest BCUT2D eigenvalue weighted by molar-refractivity contribution is 14.1. The van der Waals surface area contributed by atoms with Crippen LogP contribution < -0.4 is 0 Å². The molecule has 0 aromatic heterocycles. The maximum absolute atomic E-state index is 12.3. The van der Waals surface area contributed by atoms with Gasteiger partial charge in [0, 0.05) is 8.47 Å². The van der Waals surface area contributed by atoms with Gasteiger partial charge in [0.15, 0.2) is 0 Å². The molecule has 0 spiro atoms. The lowest BCUT2D eigenvalue weighted by atomic mass is 10.1. The van der Waals surface area contributed by atoms with Gasteiger partial charge in [-0.1, -0.05) is 0 Å². The largest absolute Gasteiger partial charge is 0.465 e. The van der Waals surface area contributed by atoms with E-state index in [1.165, 1.54) is 6.07 Å². The second-order valence-corrected chi connectivity index (χ2v) is 5.17. The van der Waals surface area contributed by atoms with Gasteiger partial charge in [-0.15, -0.1) is 0 Å². The average Bonchev–Trinajstić information content (AvgIpc) is 2.29. The van der Waals surface area contributed by atoms with Crippen LogP contribution in [0.3, 0.4) is 0 Å². The number of ether oxygens (including phenoxy) is 1. The summed E-state index contributed by atoms with van der Waals surface area (Å²) in [6, 6.07) is 4.01. The molecule has 1 aromatic rings. The van der Waals surface area contributed by atoms with Crippen LogP contribution in [0.5, 0.6) is 0 Å². The van der Waals surface area contributed by atoms with E-state index in [-0.39, 0.29) is 31.4 Å². The zero-order valence-electron chi connectivity index (χ0n) is 8.84. The second kappa shape index (κ2) is 5.79. The summed E-state index contributed by atoms with van der Waals surface area (Å²) >= 11 is 1.27. The van der Waals surface area contributed by atoms with E-state index >= 15 is 0 Å². The van der Waals surface area contributed by atoms with Crippen LogP contribution in [0.2, 0.25) is 0 Å². The average molecular weight is 387 g/mol. The highest BCUT2D eigenvalue weighted by Crippen LogP contribution is 2.40. The van der Waals surface area contributed by atoms with Crippen LogP contribution in [0.4, 0.5) is 13.2 Å². The van der Waals surface area contributed by atoms with Gasteiger partial charge in [-0.25, -0.2) is 4.79 Å². The second-order valence-electron chi connectivity index (χ2n) is 2.99. The molecule has 0 saturated heterocycles. The van der Waals surface area contributed by atoms with Crippen molar-refractivity contribution in [1.29, 1.82) is 5.26 Å². The predicted octanol–water partition coefficient (Wildman–Crippen LogP) is 3.56. The van der Waals surface area contributed by atoms with Crippen molar-refractivity contribution in [2.24, 2.45) is 0 Å². The molecule has 0 atom stereocenters. The molecule has 0 aliphatic carbocycles. The number of hydrogen-bond donors (Lipinski definition) is 0. The number of esters is 1. The third-order valence-corrected chi connectivity index (χ3v) is 4.11. The minimum atomic E-state index is -4.48. The summed E-state index contributed by atoms with van der Waals surface area (Å²) in [5.74, 6) is -0.785. The van der Waals surface area contributed by atoms with E-state index in [2.05, 4.69) is 4.74 Å². The summed E-state index contributed by atoms with van der Waals surface area (Å²) in [5, 5.41) is 8.82. The molecule has 0 saturated carbocycles. The Balaban J connectivity index is 3.33. The Kier molecular flexibility index (Phi) is 4.86. The summed E-state index contributed by atoms with van der Waals surface area (Å²) in [5.41, 5.74) is -4.56. The Morgan fingerprint density at radius 2 is 2.11 bits per heavy atom. The number of benzene rings is 1. The number of rotatable bonds is 2. The first kappa shape index (κ1) is 15.1. The SMILES string of the molecule is COC(=O)c1cc(C#N)c(I)c(SC(F)(F)F)c1. The van der Waals surface area contributed by atoms with E-state index in [9.17, 15) is 18.0 Å². The molecule has 8 heteroatoms. The number of hydrogen-bond acceptors (Lipinski definition) is 4. The molecule has 1 aromatic carbocycles. The van der Waals surface area contributed by atoms with Crippen molar-refractivity contribution >= 4 is 40.3 Å². The molecular formula is C10H5F3INO2S. The third-order valence-electron chi connectivity index (χ3n) is 1.81. The highest BCUT2D eigenvalue weighted by atomic mass is 127. The van der Waals surface area contributed by atoms with Crippen molar-refractivity contribution in [3.8, 4) is 6.07 Å². The van der Waals surface area contributed by atoms with Crippen molar-refractivity contribution in [3.63, 3.8) is 0 Å². The van der Waals surface area contributed by atoms with Crippen LogP contribution in [0.25, 0.3) is 0 Å². The summed E-state index contributed by atoms with van der Waals surface area (Å²) in [7, 11) is 1.11. The van der Waals surface area contributed by atoms with Crippen LogP contribution in [0.15, 0.2) is 17.0 Å². The first-order valence-corrected chi connectivity index (χ1v) is 6.25. The van der Waals surface area contributed by atoms with Gasteiger partial charge in [0.1, 0.15) is 6.07 Å². The lowest BCUT2D eigenvalue weighted by Gasteiger charge is -2.10. The summed E-state index contributed by atoms with van der Waals surface area (Å²) in [6.07, 6.45) is 0. The molecule has 96 valence electrons. The van der Waals surface area contributed by atoms with Crippen LogP contribution >= 0.6 is 34.4 Å². The van der Waals surface area contributed by atoms with Gasteiger partial charge in [0.05, 0.1) is 18.2 Å². The molecule has 0 amide bonds. The number of halogens is 4. The molecule has 0 fully saturated rings. The maximum atomic E-state index is 12.3. The van der Waals surface area contributed by atoms with E-state index in [1.807, 2.05) is 0 Å². The molecule has 0 aliphatic rings. The highest BCUT2D eigenvalue weighted by Gasteiger charge is 2.31. The summed E-state index contributed by atoms with van der Waals surface area (Å²) < 4.78 is 41.6. The third kappa shape index (κ3) is 3.78. The number of nitrogens with zero attached hydrogens (tertiary/aromatic N) is 1. The molecule has 1 rings (SSSR count).